The van der Waals surface area contributed by atoms with Gasteiger partial charge in [-0.25, -0.2) is 0 Å². The van der Waals surface area contributed by atoms with Crippen LogP contribution in [0.4, 0.5) is 0 Å². The van der Waals surface area contributed by atoms with Crippen molar-refractivity contribution in [2.45, 2.75) is 19.4 Å². The lowest BCUT2D eigenvalue weighted by Gasteiger charge is -2.27. The molecule has 0 saturated carbocycles. The van der Waals surface area contributed by atoms with E-state index in [9.17, 15) is 5.11 Å². The number of hydrogen-bond donors (Lipinski definition) is 3. The predicted molar refractivity (Wildman–Crippen MR) is 94.0 cm³/mol. The zero-order valence-corrected chi connectivity index (χ0v) is 14.0. The molecule has 1 aliphatic heterocycles. The van der Waals surface area contributed by atoms with Gasteiger partial charge >= 0.3 is 0 Å². The molecule has 1 fully saturated rings. The highest BCUT2D eigenvalue weighted by molar-refractivity contribution is 5.80. The smallest absolute Gasteiger partial charge is 0.191 e. The molecule has 0 bridgehead atoms. The second-order valence-electron chi connectivity index (χ2n) is 6.31. The number of nitrogens with zero attached hydrogens (tertiary/aromatic N) is 1. The fraction of sp³-hybridized carbons (Fsp3) is 0.500. The van der Waals surface area contributed by atoms with E-state index in [1.807, 2.05) is 30.3 Å². The van der Waals surface area contributed by atoms with Crippen LogP contribution in [0.3, 0.4) is 0 Å². The Morgan fingerprint density at radius 2 is 2.21 bits per heavy atom. The first-order valence-electron chi connectivity index (χ1n) is 8.35. The van der Waals surface area contributed by atoms with Gasteiger partial charge in [-0.15, -0.1) is 0 Å². The zero-order chi connectivity index (χ0) is 16.8. The maximum atomic E-state index is 9.29. The second kappa shape index (κ2) is 7.68. The molecule has 3 rings (SSSR count). The third-order valence-electron chi connectivity index (χ3n) is 4.59. The summed E-state index contributed by atoms with van der Waals surface area (Å²) >= 11 is 0. The van der Waals surface area contributed by atoms with Crippen molar-refractivity contribution in [3.63, 3.8) is 0 Å². The van der Waals surface area contributed by atoms with Gasteiger partial charge in [0.1, 0.15) is 11.3 Å². The Balaban J connectivity index is 1.55. The minimum Gasteiger partial charge on any atom is -0.459 e. The Bertz CT molecular complexity index is 657. The van der Waals surface area contributed by atoms with E-state index in [1.54, 1.807) is 7.05 Å². The lowest BCUT2D eigenvalue weighted by Crippen LogP contribution is -2.44. The van der Waals surface area contributed by atoms with Crippen LogP contribution in [0, 0.1) is 5.41 Å². The molecule has 24 heavy (non-hydrogen) atoms. The average molecular weight is 331 g/mol. The van der Waals surface area contributed by atoms with Gasteiger partial charge in [0.2, 0.25) is 0 Å². The summed E-state index contributed by atoms with van der Waals surface area (Å²) in [5, 5.41) is 17.0. The summed E-state index contributed by atoms with van der Waals surface area (Å²) in [6.45, 7) is 2.91. The van der Waals surface area contributed by atoms with Crippen molar-refractivity contribution in [2.75, 3.05) is 33.4 Å². The third kappa shape index (κ3) is 3.88. The summed E-state index contributed by atoms with van der Waals surface area (Å²) in [6.07, 6.45) is 1.70. The molecule has 3 N–H and O–H groups in total. The lowest BCUT2D eigenvalue weighted by atomic mass is 9.84. The Labute approximate surface area is 141 Å². The molecule has 1 aromatic carbocycles. The van der Waals surface area contributed by atoms with Crippen LogP contribution >= 0.6 is 0 Å². The number of fused-ring (bicyclic) bond motifs is 1. The second-order valence-corrected chi connectivity index (χ2v) is 6.31. The van der Waals surface area contributed by atoms with Crippen molar-refractivity contribution in [2.24, 2.45) is 10.4 Å². The highest BCUT2D eigenvalue weighted by Gasteiger charge is 2.34. The number of hydrogen-bond acceptors (Lipinski definition) is 4. The van der Waals surface area contributed by atoms with Gasteiger partial charge in [-0.1, -0.05) is 18.2 Å². The van der Waals surface area contributed by atoms with E-state index in [-0.39, 0.29) is 12.0 Å². The molecule has 1 aromatic heterocycles. The number of aliphatic hydroxyl groups is 1. The van der Waals surface area contributed by atoms with Gasteiger partial charge < -0.3 is 24.9 Å². The molecule has 6 heteroatoms. The van der Waals surface area contributed by atoms with Gasteiger partial charge in [-0.2, -0.15) is 0 Å². The monoisotopic (exact) mass is 331 g/mol. The number of rotatable bonds is 6. The van der Waals surface area contributed by atoms with Crippen molar-refractivity contribution in [1.29, 1.82) is 0 Å². The van der Waals surface area contributed by atoms with Gasteiger partial charge in [0.05, 0.1) is 13.2 Å². The summed E-state index contributed by atoms with van der Waals surface area (Å²) in [5.41, 5.74) is 0.883. The molecular weight excluding hydrogens is 306 g/mol. The van der Waals surface area contributed by atoms with Crippen LogP contribution in [-0.4, -0.2) is 44.5 Å². The van der Waals surface area contributed by atoms with Gasteiger partial charge in [-0.3, -0.25) is 4.99 Å². The van der Waals surface area contributed by atoms with E-state index in [2.05, 4.69) is 15.6 Å². The summed E-state index contributed by atoms with van der Waals surface area (Å²) < 4.78 is 11.3. The van der Waals surface area contributed by atoms with Crippen LogP contribution in [-0.2, 0) is 11.3 Å². The molecule has 0 amide bonds. The van der Waals surface area contributed by atoms with Crippen LogP contribution in [0.15, 0.2) is 39.7 Å². The van der Waals surface area contributed by atoms with Gasteiger partial charge in [0, 0.05) is 37.6 Å². The SMILES string of the molecule is CN=C(NCc1cc2ccccc2o1)NCC1(CCO)CCOC1. The minimum absolute atomic E-state index is 0.00820. The first kappa shape index (κ1) is 16.8. The summed E-state index contributed by atoms with van der Waals surface area (Å²) in [7, 11) is 1.75. The minimum atomic E-state index is -0.00820. The van der Waals surface area contributed by atoms with Crippen LogP contribution in [0.25, 0.3) is 11.0 Å². The molecule has 0 spiro atoms. The standard InChI is InChI=1S/C18H25N3O3/c1-19-17(21-12-18(6-8-22)7-9-23-13-18)20-11-15-10-14-4-2-3-5-16(14)24-15/h2-5,10,22H,6-9,11-13H2,1H3,(H2,19,20,21). The Hall–Kier alpha value is -2.05. The predicted octanol–water partition coefficient (Wildman–Crippen LogP) is 1.89. The Morgan fingerprint density at radius 1 is 1.33 bits per heavy atom. The number of ether oxygens (including phenoxy) is 1. The summed E-state index contributed by atoms with van der Waals surface area (Å²) in [5.74, 6) is 1.59. The van der Waals surface area contributed by atoms with Crippen LogP contribution in [0.5, 0.6) is 0 Å². The van der Waals surface area contributed by atoms with Gasteiger partial charge in [-0.05, 0) is 25.0 Å². The number of aliphatic hydroxyl groups excluding tert-OH is 1. The molecule has 1 atom stereocenters. The van der Waals surface area contributed by atoms with Crippen molar-refractivity contribution in [3.05, 3.63) is 36.1 Å². The normalized spacial score (nSPS) is 21.3. The van der Waals surface area contributed by atoms with Crippen molar-refractivity contribution < 1.29 is 14.3 Å². The first-order valence-corrected chi connectivity index (χ1v) is 8.35. The summed E-state index contributed by atoms with van der Waals surface area (Å²) in [4.78, 5) is 4.26. The number of furan rings is 1. The molecule has 0 aliphatic carbocycles. The van der Waals surface area contributed by atoms with Crippen LogP contribution in [0.2, 0.25) is 0 Å². The molecular formula is C18H25N3O3. The van der Waals surface area contributed by atoms with Crippen molar-refractivity contribution in [1.82, 2.24) is 10.6 Å². The zero-order valence-electron chi connectivity index (χ0n) is 14.0. The summed E-state index contributed by atoms with van der Waals surface area (Å²) in [6, 6.07) is 10.0. The maximum Gasteiger partial charge on any atom is 0.191 e. The quantitative estimate of drug-likeness (QED) is 0.556. The third-order valence-corrected chi connectivity index (χ3v) is 4.59. The molecule has 1 saturated heterocycles. The number of nitrogens with one attached hydrogen (secondary N) is 2. The number of aliphatic imine (C=N–C) groups is 1. The molecule has 1 unspecified atom stereocenters. The van der Waals surface area contributed by atoms with Crippen molar-refractivity contribution in [3.8, 4) is 0 Å². The fourth-order valence-electron chi connectivity index (χ4n) is 3.10. The fourth-order valence-corrected chi connectivity index (χ4v) is 3.10. The van der Waals surface area contributed by atoms with E-state index in [0.29, 0.717) is 13.2 Å². The van der Waals surface area contributed by atoms with Crippen LogP contribution < -0.4 is 10.6 Å². The Morgan fingerprint density at radius 3 is 2.92 bits per heavy atom. The molecule has 2 aromatic rings. The molecule has 1 aliphatic rings. The van der Waals surface area contributed by atoms with E-state index in [1.165, 1.54) is 0 Å². The number of para-hydroxylation sites is 1. The molecule has 0 radical (unpaired) electrons. The lowest BCUT2D eigenvalue weighted by molar-refractivity contribution is 0.127. The van der Waals surface area contributed by atoms with E-state index >= 15 is 0 Å². The van der Waals surface area contributed by atoms with E-state index < -0.39 is 0 Å². The van der Waals surface area contributed by atoms with Gasteiger partial charge in [0.15, 0.2) is 5.96 Å². The number of guanidine groups is 1. The number of benzene rings is 1. The van der Waals surface area contributed by atoms with Crippen LogP contribution in [0.1, 0.15) is 18.6 Å². The molecule has 130 valence electrons. The highest BCUT2D eigenvalue weighted by atomic mass is 16.5. The molecule has 6 nitrogen and oxygen atoms in total. The maximum absolute atomic E-state index is 9.29. The van der Waals surface area contributed by atoms with Crippen molar-refractivity contribution >= 4 is 16.9 Å². The average Bonchev–Trinajstić information content (AvgIpc) is 3.22. The highest BCUT2D eigenvalue weighted by Crippen LogP contribution is 2.31. The molecule has 2 heterocycles. The van der Waals surface area contributed by atoms with E-state index in [4.69, 9.17) is 9.15 Å². The largest absolute Gasteiger partial charge is 0.459 e. The van der Waals surface area contributed by atoms with E-state index in [0.717, 1.165) is 48.7 Å². The van der Waals surface area contributed by atoms with Gasteiger partial charge in [0.25, 0.3) is 0 Å². The topological polar surface area (TPSA) is 79.0 Å². The Kier molecular flexibility index (Phi) is 5.37. The first-order chi connectivity index (χ1) is 11.7.